The van der Waals surface area contributed by atoms with Gasteiger partial charge in [0.15, 0.2) is 0 Å². The van der Waals surface area contributed by atoms with E-state index < -0.39 is 16.2 Å². The van der Waals surface area contributed by atoms with Gasteiger partial charge in [-0.15, -0.1) is 10.2 Å². The van der Waals surface area contributed by atoms with Crippen molar-refractivity contribution < 1.29 is 43.9 Å². The third kappa shape index (κ3) is 9.79. The Kier molecular flexibility index (Phi) is 6.77. The number of aromatic hydroxyl groups is 1. The molecule has 0 spiro atoms. The highest BCUT2D eigenvalue weighted by molar-refractivity contribution is 5.86. The summed E-state index contributed by atoms with van der Waals surface area (Å²) in [6, 6.07) is 5.16. The smallest absolute Gasteiger partial charge is 0.328 e. The summed E-state index contributed by atoms with van der Waals surface area (Å²) in [5.41, 5.74) is 1.50. The van der Waals surface area contributed by atoms with E-state index >= 15 is 0 Å². The number of carboxylic acid groups (broad SMARTS) is 1. The summed E-state index contributed by atoms with van der Waals surface area (Å²) in [6.07, 6.45) is 2.39. The lowest BCUT2D eigenvalue weighted by Crippen LogP contribution is -2.68. The quantitative estimate of drug-likeness (QED) is 0.443. The number of benzene rings is 1. The molecule has 8 nitrogen and oxygen atoms in total. The molecule has 0 unspecified atom stereocenters. The number of rotatable bonds is 3. The predicted molar refractivity (Wildman–Crippen MR) is 64.3 cm³/mol. The summed E-state index contributed by atoms with van der Waals surface area (Å²) in [7, 11) is 1.05. The highest BCUT2D eigenvalue weighted by Gasteiger charge is 2.13. The van der Waals surface area contributed by atoms with Gasteiger partial charge in [-0.05, 0) is 12.1 Å². The molecule has 0 aliphatic rings. The van der Waals surface area contributed by atoms with E-state index in [0.29, 0.717) is 10.0 Å². The molecule has 0 saturated carbocycles. The highest BCUT2D eigenvalue weighted by atomic mass is 35.7. The van der Waals surface area contributed by atoms with Crippen LogP contribution in [0.15, 0.2) is 24.3 Å². The van der Waals surface area contributed by atoms with E-state index in [2.05, 4.69) is 0 Å². The predicted octanol–water partition coefficient (Wildman–Crippen LogP) is -3.07. The second kappa shape index (κ2) is 7.36. The van der Waals surface area contributed by atoms with Crippen molar-refractivity contribution in [3.63, 3.8) is 0 Å². The fourth-order valence-electron chi connectivity index (χ4n) is 1.25. The van der Waals surface area contributed by atoms with Gasteiger partial charge in [-0.3, -0.25) is 4.48 Å². The van der Waals surface area contributed by atoms with Crippen LogP contribution in [0, 0.1) is 10.2 Å². The van der Waals surface area contributed by atoms with E-state index in [1.165, 1.54) is 6.08 Å². The van der Waals surface area contributed by atoms with Gasteiger partial charge in [0.2, 0.25) is 0 Å². The van der Waals surface area contributed by atoms with Gasteiger partial charge < -0.3 is 10.2 Å². The molecule has 0 atom stereocenters. The number of phenols is 1. The molecular formula is C12H16ClNO7. The van der Waals surface area contributed by atoms with Crippen LogP contribution in [0.5, 0.6) is 5.75 Å². The first-order valence-corrected chi connectivity index (χ1v) is 6.72. The Morgan fingerprint density at radius 3 is 2.05 bits per heavy atom. The number of hydrogen-bond acceptors (Lipinski definition) is 6. The van der Waals surface area contributed by atoms with Gasteiger partial charge in [-0.2, -0.15) is 0 Å². The van der Waals surface area contributed by atoms with E-state index in [9.17, 15) is 9.90 Å². The summed E-state index contributed by atoms with van der Waals surface area (Å²) in [4.78, 5) is 10.4. The van der Waals surface area contributed by atoms with E-state index in [4.69, 9.17) is 23.7 Å². The zero-order chi connectivity index (χ0) is 16.8. The molecule has 0 heterocycles. The van der Waals surface area contributed by atoms with Crippen molar-refractivity contribution in [3.05, 3.63) is 29.8 Å². The van der Waals surface area contributed by atoms with Gasteiger partial charge in [0.1, 0.15) is 11.4 Å². The summed E-state index contributed by atoms with van der Waals surface area (Å²) in [5, 5.41) is 18.1. The van der Waals surface area contributed by atoms with Gasteiger partial charge in [0, 0.05) is 23.8 Å². The topological polar surface area (TPSA) is 150 Å². The average Bonchev–Trinajstić information content (AvgIpc) is 2.23. The van der Waals surface area contributed by atoms with Crippen LogP contribution in [0.2, 0.25) is 0 Å². The zero-order valence-corrected chi connectivity index (χ0v) is 12.4. The van der Waals surface area contributed by atoms with Gasteiger partial charge in [0.25, 0.3) is 0 Å². The fraction of sp³-hybridized carbons (Fsp3) is 0.250. The Balaban J connectivity index is 0.000000690. The van der Waals surface area contributed by atoms with Gasteiger partial charge in [-0.1, -0.05) is 0 Å². The average molecular weight is 322 g/mol. The Morgan fingerprint density at radius 2 is 1.67 bits per heavy atom. The first-order valence-electron chi connectivity index (χ1n) is 5.48. The molecule has 0 aliphatic heterocycles. The normalized spacial score (nSPS) is 12.0. The van der Waals surface area contributed by atoms with Crippen LogP contribution in [-0.2, 0) is 4.79 Å². The van der Waals surface area contributed by atoms with Crippen molar-refractivity contribution in [2.45, 2.75) is 0 Å². The first kappa shape index (κ1) is 19.3. The SMILES string of the molecule is C[N+](C)(C)c1ccc(O)c(/C=C\C(=O)O)c1.[O-][Cl+3]([O-])([O-])[O-]. The minimum absolute atomic E-state index is 0.0784. The molecule has 0 aromatic heterocycles. The molecule has 0 amide bonds. The van der Waals surface area contributed by atoms with Gasteiger partial charge >= 0.3 is 5.97 Å². The number of phenolic OH excluding ortho intramolecular Hbond substituents is 1. The molecule has 1 aromatic carbocycles. The third-order valence-electron chi connectivity index (χ3n) is 2.19. The number of nitrogens with zero attached hydrogens (tertiary/aromatic N) is 1. The minimum Gasteiger partial charge on any atom is -0.507 e. The van der Waals surface area contributed by atoms with Crippen LogP contribution in [0.25, 0.3) is 6.08 Å². The van der Waals surface area contributed by atoms with Crippen LogP contribution >= 0.6 is 0 Å². The Bertz CT molecular complexity index is 511. The Labute approximate surface area is 123 Å². The molecule has 2 N–H and O–H groups in total. The van der Waals surface area contributed by atoms with Crippen molar-refractivity contribution in [2.24, 2.45) is 0 Å². The van der Waals surface area contributed by atoms with Crippen molar-refractivity contribution >= 4 is 17.7 Å². The number of aliphatic carboxylic acids is 1. The number of carboxylic acids is 1. The van der Waals surface area contributed by atoms with Crippen molar-refractivity contribution in [3.8, 4) is 5.75 Å². The molecule has 0 radical (unpaired) electrons. The maximum atomic E-state index is 10.4. The molecule has 0 saturated heterocycles. The van der Waals surface area contributed by atoms with E-state index in [0.717, 1.165) is 11.8 Å². The molecule has 9 heteroatoms. The number of quaternary nitrogens is 1. The lowest BCUT2D eigenvalue weighted by Gasteiger charge is -2.23. The zero-order valence-electron chi connectivity index (χ0n) is 11.6. The first-order chi connectivity index (χ1) is 9.30. The Morgan fingerprint density at radius 1 is 1.19 bits per heavy atom. The number of carbonyl (C=O) groups is 1. The van der Waals surface area contributed by atoms with Crippen LogP contribution in [0.1, 0.15) is 5.56 Å². The fourth-order valence-corrected chi connectivity index (χ4v) is 1.25. The molecule has 21 heavy (non-hydrogen) atoms. The summed E-state index contributed by atoms with van der Waals surface area (Å²) >= 11 is 0. The monoisotopic (exact) mass is 321 g/mol. The lowest BCUT2D eigenvalue weighted by molar-refractivity contribution is -2.00. The summed E-state index contributed by atoms with van der Waals surface area (Å²) in [6.45, 7) is 0. The van der Waals surface area contributed by atoms with Crippen LogP contribution < -0.4 is 23.1 Å². The summed E-state index contributed by atoms with van der Waals surface area (Å²) in [5.74, 6) is -0.954. The third-order valence-corrected chi connectivity index (χ3v) is 2.19. The highest BCUT2D eigenvalue weighted by Crippen LogP contribution is 2.26. The minimum atomic E-state index is -4.94. The number of hydrogen-bond donors (Lipinski definition) is 2. The maximum Gasteiger partial charge on any atom is 0.328 e. The van der Waals surface area contributed by atoms with E-state index in [1.54, 1.807) is 12.1 Å². The molecule has 0 bridgehead atoms. The second-order valence-corrected chi connectivity index (χ2v) is 5.56. The van der Waals surface area contributed by atoms with Gasteiger partial charge in [-0.25, -0.2) is 23.4 Å². The molecule has 0 aliphatic carbocycles. The van der Waals surface area contributed by atoms with E-state index in [1.807, 2.05) is 27.2 Å². The van der Waals surface area contributed by atoms with Crippen molar-refractivity contribution in [1.82, 2.24) is 4.48 Å². The summed E-state index contributed by atoms with van der Waals surface area (Å²) < 4.78 is 34.6. The van der Waals surface area contributed by atoms with Gasteiger partial charge in [0.05, 0.1) is 21.1 Å². The number of halogens is 1. The molecule has 0 fully saturated rings. The van der Waals surface area contributed by atoms with Crippen molar-refractivity contribution in [2.75, 3.05) is 21.1 Å². The van der Waals surface area contributed by atoms with Crippen LogP contribution in [0.3, 0.4) is 0 Å². The lowest BCUT2D eigenvalue weighted by atomic mass is 10.1. The maximum absolute atomic E-state index is 10.4. The van der Waals surface area contributed by atoms with E-state index in [-0.39, 0.29) is 5.75 Å². The van der Waals surface area contributed by atoms with Crippen LogP contribution in [-0.4, -0.2) is 37.3 Å². The molecule has 1 rings (SSSR count). The largest absolute Gasteiger partial charge is 0.507 e. The molecule has 118 valence electrons. The standard InChI is InChI=1S/C12H15NO3.ClHO4/c1-13(2,3)10-5-6-11(14)9(8-10)4-7-12(15)16;2-1(3,4)5/h4-8H,1-3H3,(H-,14,15,16);(H,2,3,4,5)/b7-4-;. The van der Waals surface area contributed by atoms with Crippen LogP contribution in [0.4, 0.5) is 5.69 Å². The Hall–Kier alpha value is -1.68. The second-order valence-electron chi connectivity index (χ2n) is 4.81. The molecular weight excluding hydrogens is 306 g/mol. The molecule has 1 aromatic rings. The van der Waals surface area contributed by atoms with Crippen molar-refractivity contribution in [1.29, 1.82) is 0 Å².